The summed E-state index contributed by atoms with van der Waals surface area (Å²) >= 11 is 0. The second-order valence-electron chi connectivity index (χ2n) is 4.26. The van der Waals surface area contributed by atoms with Crippen molar-refractivity contribution in [1.82, 2.24) is 5.43 Å². The van der Waals surface area contributed by atoms with Gasteiger partial charge in [0.2, 0.25) is 0 Å². The minimum absolute atomic E-state index is 0.348. The summed E-state index contributed by atoms with van der Waals surface area (Å²) in [5.74, 6) is 5.05. The molecule has 0 aliphatic carbocycles. The van der Waals surface area contributed by atoms with Crippen LogP contribution in [0.3, 0.4) is 0 Å². The molecule has 0 aliphatic heterocycles. The predicted octanol–water partition coefficient (Wildman–Crippen LogP) is 2.11. The van der Waals surface area contributed by atoms with Crippen molar-refractivity contribution in [3.05, 3.63) is 59.2 Å². The number of methoxy groups -OCH3 is 1. The number of anilines is 1. The van der Waals surface area contributed by atoms with E-state index in [9.17, 15) is 8.78 Å². The van der Waals surface area contributed by atoms with Gasteiger partial charge >= 0.3 is 0 Å². The van der Waals surface area contributed by atoms with Gasteiger partial charge < -0.3 is 10.5 Å². The monoisotopic (exact) mass is 279 g/mol. The molecule has 0 spiro atoms. The van der Waals surface area contributed by atoms with E-state index in [0.29, 0.717) is 22.6 Å². The van der Waals surface area contributed by atoms with Crippen molar-refractivity contribution in [2.45, 2.75) is 6.04 Å². The number of benzene rings is 2. The summed E-state index contributed by atoms with van der Waals surface area (Å²) in [7, 11) is 1.46. The molecule has 0 radical (unpaired) electrons. The van der Waals surface area contributed by atoms with Gasteiger partial charge in [0.1, 0.15) is 17.4 Å². The third-order valence-electron chi connectivity index (χ3n) is 3.03. The molecule has 1 unspecified atom stereocenters. The predicted molar refractivity (Wildman–Crippen MR) is 72.9 cm³/mol. The molecular weight excluding hydrogens is 264 g/mol. The highest BCUT2D eigenvalue weighted by atomic mass is 19.1. The third-order valence-corrected chi connectivity index (χ3v) is 3.03. The van der Waals surface area contributed by atoms with Crippen LogP contribution in [0.4, 0.5) is 14.5 Å². The smallest absolute Gasteiger partial charge is 0.124 e. The Bertz CT molecular complexity index is 619. The number of ether oxygens (including phenoxy) is 1. The van der Waals surface area contributed by atoms with Crippen LogP contribution in [0.1, 0.15) is 17.2 Å². The van der Waals surface area contributed by atoms with Gasteiger partial charge in [-0.25, -0.2) is 14.2 Å². The van der Waals surface area contributed by atoms with Gasteiger partial charge in [0, 0.05) is 16.8 Å². The molecule has 6 heteroatoms. The standard InChI is InChI=1S/C14H15F2N3O/c1-20-13-5-3-9(16)7-11(13)14(19-18)10-6-8(15)2-4-12(10)17/h2-7,14,19H,17-18H2,1H3. The largest absolute Gasteiger partial charge is 0.496 e. The molecule has 20 heavy (non-hydrogen) atoms. The zero-order valence-corrected chi connectivity index (χ0v) is 10.9. The van der Waals surface area contributed by atoms with Gasteiger partial charge in [0.25, 0.3) is 0 Å². The zero-order chi connectivity index (χ0) is 14.7. The van der Waals surface area contributed by atoms with Crippen LogP contribution >= 0.6 is 0 Å². The summed E-state index contributed by atoms with van der Waals surface area (Å²) in [4.78, 5) is 0. The molecule has 0 fully saturated rings. The first-order chi connectivity index (χ1) is 9.56. The molecular formula is C14H15F2N3O. The van der Waals surface area contributed by atoms with Crippen LogP contribution in [0.2, 0.25) is 0 Å². The van der Waals surface area contributed by atoms with Crippen molar-refractivity contribution in [2.75, 3.05) is 12.8 Å². The number of rotatable bonds is 4. The van der Waals surface area contributed by atoms with E-state index in [4.69, 9.17) is 16.3 Å². The summed E-state index contributed by atoms with van der Waals surface area (Å²) in [6.45, 7) is 0. The maximum absolute atomic E-state index is 13.4. The van der Waals surface area contributed by atoms with Crippen LogP contribution in [0.5, 0.6) is 5.75 Å². The Labute approximate surface area is 115 Å². The van der Waals surface area contributed by atoms with Gasteiger partial charge in [0.05, 0.1) is 13.2 Å². The topological polar surface area (TPSA) is 73.3 Å². The Kier molecular flexibility index (Phi) is 4.16. The first kappa shape index (κ1) is 14.2. The van der Waals surface area contributed by atoms with Crippen molar-refractivity contribution in [1.29, 1.82) is 0 Å². The normalized spacial score (nSPS) is 12.2. The number of hydrogen-bond acceptors (Lipinski definition) is 4. The average Bonchev–Trinajstić information content (AvgIpc) is 2.44. The summed E-state index contributed by atoms with van der Waals surface area (Å²) in [6, 6.07) is 7.26. The van der Waals surface area contributed by atoms with Crippen LogP contribution < -0.4 is 21.7 Å². The highest BCUT2D eigenvalue weighted by Crippen LogP contribution is 2.33. The van der Waals surface area contributed by atoms with E-state index in [0.717, 1.165) is 0 Å². The number of nitrogens with two attached hydrogens (primary N) is 2. The number of hydrogen-bond donors (Lipinski definition) is 3. The molecule has 0 aliphatic rings. The third kappa shape index (κ3) is 2.71. The lowest BCUT2D eigenvalue weighted by Crippen LogP contribution is -2.30. The van der Waals surface area contributed by atoms with Gasteiger partial charge in [0.15, 0.2) is 0 Å². The Balaban J connectivity index is 2.57. The van der Waals surface area contributed by atoms with E-state index in [1.165, 1.54) is 43.5 Å². The van der Waals surface area contributed by atoms with Gasteiger partial charge in [-0.05, 0) is 36.4 Å². The van der Waals surface area contributed by atoms with E-state index in [1.54, 1.807) is 0 Å². The fourth-order valence-corrected chi connectivity index (χ4v) is 2.07. The maximum atomic E-state index is 13.4. The molecule has 0 saturated carbocycles. The van der Waals surface area contributed by atoms with Crippen molar-refractivity contribution in [3.63, 3.8) is 0 Å². The summed E-state index contributed by atoms with van der Waals surface area (Å²) in [6.07, 6.45) is 0. The van der Waals surface area contributed by atoms with Crippen molar-refractivity contribution in [2.24, 2.45) is 5.84 Å². The second kappa shape index (κ2) is 5.85. The number of halogens is 2. The molecule has 0 amide bonds. The zero-order valence-electron chi connectivity index (χ0n) is 10.9. The summed E-state index contributed by atoms with van der Waals surface area (Å²) in [5.41, 5.74) is 9.55. The summed E-state index contributed by atoms with van der Waals surface area (Å²) < 4.78 is 32.0. The maximum Gasteiger partial charge on any atom is 0.124 e. The Morgan fingerprint density at radius 3 is 2.25 bits per heavy atom. The number of hydrazine groups is 1. The Hall–Kier alpha value is -2.18. The minimum Gasteiger partial charge on any atom is -0.496 e. The molecule has 5 N–H and O–H groups in total. The van der Waals surface area contributed by atoms with Gasteiger partial charge in [-0.1, -0.05) is 0 Å². The lowest BCUT2D eigenvalue weighted by atomic mass is 9.96. The van der Waals surface area contributed by atoms with Crippen molar-refractivity contribution < 1.29 is 13.5 Å². The van der Waals surface area contributed by atoms with E-state index < -0.39 is 17.7 Å². The fraction of sp³-hybridized carbons (Fsp3) is 0.143. The fourth-order valence-electron chi connectivity index (χ4n) is 2.07. The molecule has 2 aromatic carbocycles. The summed E-state index contributed by atoms with van der Waals surface area (Å²) in [5, 5.41) is 0. The SMILES string of the molecule is COc1ccc(F)cc1C(NN)c1cc(F)ccc1N. The second-order valence-corrected chi connectivity index (χ2v) is 4.26. The first-order valence-electron chi connectivity index (χ1n) is 5.91. The van der Waals surface area contributed by atoms with Gasteiger partial charge in [-0.15, -0.1) is 0 Å². The highest BCUT2D eigenvalue weighted by molar-refractivity contribution is 5.53. The molecule has 4 nitrogen and oxygen atoms in total. The highest BCUT2D eigenvalue weighted by Gasteiger charge is 2.20. The number of nitrogens with one attached hydrogen (secondary N) is 1. The average molecular weight is 279 g/mol. The molecule has 0 aromatic heterocycles. The van der Waals surface area contributed by atoms with Crippen LogP contribution in [-0.2, 0) is 0 Å². The van der Waals surface area contributed by atoms with Crippen LogP contribution in [0.25, 0.3) is 0 Å². The van der Waals surface area contributed by atoms with Crippen LogP contribution in [-0.4, -0.2) is 7.11 Å². The van der Waals surface area contributed by atoms with Gasteiger partial charge in [-0.3, -0.25) is 5.84 Å². The van der Waals surface area contributed by atoms with Crippen LogP contribution in [0.15, 0.2) is 36.4 Å². The van der Waals surface area contributed by atoms with Crippen molar-refractivity contribution in [3.8, 4) is 5.75 Å². The molecule has 1 atom stereocenters. The first-order valence-corrected chi connectivity index (χ1v) is 5.91. The van der Waals surface area contributed by atoms with E-state index in [1.807, 2.05) is 0 Å². The molecule has 2 rings (SSSR count). The molecule has 0 saturated heterocycles. The van der Waals surface area contributed by atoms with Gasteiger partial charge in [-0.2, -0.15) is 0 Å². The Morgan fingerprint density at radius 1 is 1.05 bits per heavy atom. The molecule has 0 bridgehead atoms. The van der Waals surface area contributed by atoms with E-state index >= 15 is 0 Å². The Morgan fingerprint density at radius 2 is 1.65 bits per heavy atom. The van der Waals surface area contributed by atoms with Crippen molar-refractivity contribution >= 4 is 5.69 Å². The molecule has 0 heterocycles. The minimum atomic E-state index is -0.684. The number of nitrogen functional groups attached to an aromatic ring is 1. The molecule has 106 valence electrons. The van der Waals surface area contributed by atoms with Crippen LogP contribution in [0, 0.1) is 11.6 Å². The quantitative estimate of drug-likeness (QED) is 0.455. The molecule has 2 aromatic rings. The lowest BCUT2D eigenvalue weighted by molar-refractivity contribution is 0.402. The lowest BCUT2D eigenvalue weighted by Gasteiger charge is -2.21. The van der Waals surface area contributed by atoms with E-state index in [2.05, 4.69) is 5.43 Å². The van der Waals surface area contributed by atoms with E-state index in [-0.39, 0.29) is 0 Å².